The lowest BCUT2D eigenvalue weighted by atomic mass is 9.95. The number of carbonyl (C=O) groups excluding carboxylic acids is 2. The van der Waals surface area contributed by atoms with Crippen molar-refractivity contribution in [1.82, 2.24) is 10.2 Å². The van der Waals surface area contributed by atoms with Crippen LogP contribution in [-0.2, 0) is 9.59 Å². The number of rotatable bonds is 6. The zero-order chi connectivity index (χ0) is 17.8. The summed E-state index contributed by atoms with van der Waals surface area (Å²) in [6.45, 7) is 4.63. The maximum Gasteiger partial charge on any atom is 0.243 e. The third-order valence-electron chi connectivity index (χ3n) is 4.68. The smallest absolute Gasteiger partial charge is 0.243 e. The molecule has 1 N–H and O–H groups in total. The topological polar surface area (TPSA) is 49.4 Å². The van der Waals surface area contributed by atoms with Crippen LogP contribution in [-0.4, -0.2) is 29.3 Å². The number of amides is 2. The molecule has 25 heavy (non-hydrogen) atoms. The van der Waals surface area contributed by atoms with Crippen LogP contribution in [0.3, 0.4) is 0 Å². The fraction of sp³-hybridized carbons (Fsp3) is 0.333. The van der Waals surface area contributed by atoms with Crippen molar-refractivity contribution < 1.29 is 9.59 Å². The SMILES string of the molecule is CC(C)[C@H](C(=O)NC(c1ccccc1)c1ccccc1)N1CCC1=O. The molecule has 0 unspecified atom stereocenters. The average molecular weight is 336 g/mol. The van der Waals surface area contributed by atoms with Gasteiger partial charge in [0, 0.05) is 13.0 Å². The van der Waals surface area contributed by atoms with E-state index in [0.29, 0.717) is 13.0 Å². The minimum atomic E-state index is -0.420. The van der Waals surface area contributed by atoms with E-state index in [9.17, 15) is 9.59 Å². The first-order valence-electron chi connectivity index (χ1n) is 8.77. The number of β-lactam (4-membered cyclic amide) rings is 1. The molecule has 4 heteroatoms. The lowest BCUT2D eigenvalue weighted by molar-refractivity contribution is -0.150. The minimum absolute atomic E-state index is 0.0600. The largest absolute Gasteiger partial charge is 0.343 e. The van der Waals surface area contributed by atoms with Crippen LogP contribution in [0.25, 0.3) is 0 Å². The normalized spacial score (nSPS) is 15.2. The highest BCUT2D eigenvalue weighted by molar-refractivity contribution is 5.91. The van der Waals surface area contributed by atoms with Crippen LogP contribution < -0.4 is 5.32 Å². The summed E-state index contributed by atoms with van der Waals surface area (Å²) < 4.78 is 0. The first-order valence-corrected chi connectivity index (χ1v) is 8.77. The van der Waals surface area contributed by atoms with Gasteiger partial charge in [0.05, 0.1) is 6.04 Å². The molecule has 130 valence electrons. The van der Waals surface area contributed by atoms with E-state index in [1.807, 2.05) is 74.5 Å². The molecule has 4 nitrogen and oxygen atoms in total. The summed E-state index contributed by atoms with van der Waals surface area (Å²) in [6.07, 6.45) is 0.539. The van der Waals surface area contributed by atoms with E-state index in [-0.39, 0.29) is 23.8 Å². The Kier molecular flexibility index (Phi) is 5.17. The van der Waals surface area contributed by atoms with Gasteiger partial charge in [-0.3, -0.25) is 9.59 Å². The van der Waals surface area contributed by atoms with E-state index in [4.69, 9.17) is 0 Å². The van der Waals surface area contributed by atoms with Crippen LogP contribution in [0.1, 0.15) is 37.4 Å². The summed E-state index contributed by atoms with van der Waals surface area (Å²) in [7, 11) is 0. The molecule has 2 aromatic carbocycles. The van der Waals surface area contributed by atoms with Gasteiger partial charge < -0.3 is 10.2 Å². The summed E-state index contributed by atoms with van der Waals surface area (Å²) in [6, 6.07) is 19.2. The van der Waals surface area contributed by atoms with E-state index in [1.54, 1.807) is 4.90 Å². The van der Waals surface area contributed by atoms with Gasteiger partial charge in [-0.2, -0.15) is 0 Å². The Morgan fingerprint density at radius 2 is 1.48 bits per heavy atom. The van der Waals surface area contributed by atoms with Crippen molar-refractivity contribution in [3.8, 4) is 0 Å². The quantitative estimate of drug-likeness (QED) is 0.824. The van der Waals surface area contributed by atoms with E-state index in [0.717, 1.165) is 11.1 Å². The highest BCUT2D eigenvalue weighted by atomic mass is 16.2. The molecule has 1 heterocycles. The molecule has 1 aliphatic rings. The molecule has 1 aliphatic heterocycles. The molecule has 3 rings (SSSR count). The van der Waals surface area contributed by atoms with E-state index in [2.05, 4.69) is 5.32 Å². The Bertz CT molecular complexity index is 689. The third kappa shape index (κ3) is 3.73. The Hall–Kier alpha value is -2.62. The highest BCUT2D eigenvalue weighted by Gasteiger charge is 2.38. The van der Waals surface area contributed by atoms with Crippen LogP contribution in [0.15, 0.2) is 60.7 Å². The molecule has 0 saturated carbocycles. The zero-order valence-electron chi connectivity index (χ0n) is 14.7. The van der Waals surface area contributed by atoms with Crippen LogP contribution in [0.4, 0.5) is 0 Å². The molecule has 0 aromatic heterocycles. The van der Waals surface area contributed by atoms with Crippen molar-refractivity contribution in [2.45, 2.75) is 32.4 Å². The second kappa shape index (κ2) is 7.51. The van der Waals surface area contributed by atoms with E-state index >= 15 is 0 Å². The first kappa shape index (κ1) is 17.2. The molecule has 2 aromatic rings. The maximum atomic E-state index is 13.0. The van der Waals surface area contributed by atoms with Gasteiger partial charge >= 0.3 is 0 Å². The monoisotopic (exact) mass is 336 g/mol. The molecule has 0 spiro atoms. The lowest BCUT2D eigenvalue weighted by Gasteiger charge is -2.40. The predicted octanol–water partition coefficient (Wildman–Crippen LogP) is 3.15. The average Bonchev–Trinajstić information content (AvgIpc) is 2.63. The molecule has 1 fully saturated rings. The molecule has 2 amide bonds. The maximum absolute atomic E-state index is 13.0. The van der Waals surface area contributed by atoms with Crippen molar-refractivity contribution >= 4 is 11.8 Å². The van der Waals surface area contributed by atoms with Gasteiger partial charge in [0.15, 0.2) is 0 Å². The fourth-order valence-corrected chi connectivity index (χ4v) is 3.31. The standard InChI is InChI=1S/C21H24N2O2/c1-15(2)20(23-14-13-18(23)24)21(25)22-19(16-9-5-3-6-10-16)17-11-7-4-8-12-17/h3-12,15,19-20H,13-14H2,1-2H3,(H,22,25)/t20-/m1/s1. The highest BCUT2D eigenvalue weighted by Crippen LogP contribution is 2.25. The Balaban J connectivity index is 1.87. The number of carbonyl (C=O) groups is 2. The van der Waals surface area contributed by atoms with E-state index < -0.39 is 6.04 Å². The predicted molar refractivity (Wildman–Crippen MR) is 97.8 cm³/mol. The second-order valence-electron chi connectivity index (χ2n) is 6.79. The number of hydrogen-bond donors (Lipinski definition) is 1. The van der Waals surface area contributed by atoms with E-state index in [1.165, 1.54) is 0 Å². The van der Waals surface area contributed by atoms with Gasteiger partial charge in [-0.1, -0.05) is 74.5 Å². The lowest BCUT2D eigenvalue weighted by Crippen LogP contribution is -2.58. The second-order valence-corrected chi connectivity index (χ2v) is 6.79. The summed E-state index contributed by atoms with van der Waals surface area (Å²) in [5, 5.41) is 3.17. The Labute approximate surface area is 148 Å². The number of hydrogen-bond acceptors (Lipinski definition) is 2. The van der Waals surface area contributed by atoms with Crippen molar-refractivity contribution in [2.24, 2.45) is 5.92 Å². The van der Waals surface area contributed by atoms with Crippen LogP contribution >= 0.6 is 0 Å². The van der Waals surface area contributed by atoms with Gasteiger partial charge in [-0.25, -0.2) is 0 Å². The summed E-state index contributed by atoms with van der Waals surface area (Å²) >= 11 is 0. The molecular weight excluding hydrogens is 312 g/mol. The van der Waals surface area contributed by atoms with Gasteiger partial charge in [-0.05, 0) is 17.0 Å². The molecule has 0 bridgehead atoms. The van der Waals surface area contributed by atoms with Crippen molar-refractivity contribution in [3.05, 3.63) is 71.8 Å². The third-order valence-corrected chi connectivity index (χ3v) is 4.68. The minimum Gasteiger partial charge on any atom is -0.343 e. The summed E-state index contributed by atoms with van der Waals surface area (Å²) in [4.78, 5) is 26.6. The van der Waals surface area contributed by atoms with Crippen LogP contribution in [0.2, 0.25) is 0 Å². The molecule has 1 atom stereocenters. The number of likely N-dealkylation sites (tertiary alicyclic amines) is 1. The van der Waals surface area contributed by atoms with Crippen LogP contribution in [0.5, 0.6) is 0 Å². The number of nitrogens with one attached hydrogen (secondary N) is 1. The molecule has 0 radical (unpaired) electrons. The van der Waals surface area contributed by atoms with Gasteiger partial charge in [0.1, 0.15) is 6.04 Å². The van der Waals surface area contributed by atoms with Gasteiger partial charge in [-0.15, -0.1) is 0 Å². The number of nitrogens with zero attached hydrogens (tertiary/aromatic N) is 1. The van der Waals surface area contributed by atoms with Gasteiger partial charge in [0.25, 0.3) is 0 Å². The Morgan fingerprint density at radius 3 is 1.84 bits per heavy atom. The molecular formula is C21H24N2O2. The van der Waals surface area contributed by atoms with Crippen molar-refractivity contribution in [3.63, 3.8) is 0 Å². The number of benzene rings is 2. The fourth-order valence-electron chi connectivity index (χ4n) is 3.31. The van der Waals surface area contributed by atoms with Gasteiger partial charge in [0.2, 0.25) is 11.8 Å². The molecule has 1 saturated heterocycles. The summed E-state index contributed by atoms with van der Waals surface area (Å²) in [5.74, 6) is 0.0297. The van der Waals surface area contributed by atoms with Crippen LogP contribution in [0, 0.1) is 5.92 Å². The van der Waals surface area contributed by atoms with Crippen molar-refractivity contribution in [2.75, 3.05) is 6.54 Å². The zero-order valence-corrected chi connectivity index (χ0v) is 14.7. The summed E-state index contributed by atoms with van der Waals surface area (Å²) in [5.41, 5.74) is 2.05. The first-order chi connectivity index (χ1) is 12.1. The molecule has 0 aliphatic carbocycles. The van der Waals surface area contributed by atoms with Crippen molar-refractivity contribution in [1.29, 1.82) is 0 Å². The Morgan fingerprint density at radius 1 is 0.960 bits per heavy atom.